The minimum atomic E-state index is -0.457. The molecule has 0 saturated carbocycles. The molecule has 0 amide bonds. The Morgan fingerprint density at radius 3 is 2.86 bits per heavy atom. The third kappa shape index (κ3) is 4.03. The summed E-state index contributed by atoms with van der Waals surface area (Å²) in [7, 11) is 0. The topological polar surface area (TPSA) is 61.2 Å². The molecule has 5 nitrogen and oxygen atoms in total. The van der Waals surface area contributed by atoms with E-state index in [1.54, 1.807) is 0 Å². The molecule has 5 heteroatoms. The molecule has 1 aromatic rings. The van der Waals surface area contributed by atoms with Gasteiger partial charge in [0.15, 0.2) is 5.69 Å². The first kappa shape index (κ1) is 15.5. The smallest absolute Gasteiger partial charge is 0.358 e. The fourth-order valence-corrected chi connectivity index (χ4v) is 2.43. The number of hydrogen-bond donors (Lipinski definition) is 0. The monoisotopic (exact) mass is 290 g/mol. The van der Waals surface area contributed by atoms with Gasteiger partial charge < -0.3 is 4.74 Å². The molecule has 2 rings (SSSR count). The van der Waals surface area contributed by atoms with E-state index < -0.39 is 5.97 Å². The van der Waals surface area contributed by atoms with Crippen LogP contribution in [0.1, 0.15) is 43.6 Å². The molecule has 0 saturated heterocycles. The van der Waals surface area contributed by atoms with Crippen molar-refractivity contribution in [3.8, 4) is 0 Å². The first-order valence-electron chi connectivity index (χ1n) is 7.52. The number of aromatic nitrogens is 2. The number of nitrogens with zero attached hydrogens (tertiary/aromatic N) is 2. The van der Waals surface area contributed by atoms with Crippen molar-refractivity contribution in [2.75, 3.05) is 6.61 Å². The van der Waals surface area contributed by atoms with Crippen molar-refractivity contribution in [2.45, 2.75) is 39.7 Å². The summed E-state index contributed by atoms with van der Waals surface area (Å²) in [6.07, 6.45) is 7.07. The van der Waals surface area contributed by atoms with Crippen LogP contribution in [-0.2, 0) is 11.3 Å². The van der Waals surface area contributed by atoms with Crippen LogP contribution >= 0.6 is 0 Å². The summed E-state index contributed by atoms with van der Waals surface area (Å²) >= 11 is 0. The van der Waals surface area contributed by atoms with Gasteiger partial charge in [-0.1, -0.05) is 26.0 Å². The van der Waals surface area contributed by atoms with Crippen LogP contribution in [0.2, 0.25) is 0 Å². The minimum absolute atomic E-state index is 0.195. The van der Waals surface area contributed by atoms with E-state index in [4.69, 9.17) is 4.74 Å². The zero-order valence-corrected chi connectivity index (χ0v) is 12.6. The highest BCUT2D eigenvalue weighted by atomic mass is 16.5. The molecular weight excluding hydrogens is 268 g/mol. The summed E-state index contributed by atoms with van der Waals surface area (Å²) < 4.78 is 6.67. The van der Waals surface area contributed by atoms with Crippen LogP contribution in [0.25, 0.3) is 0 Å². The summed E-state index contributed by atoms with van der Waals surface area (Å²) in [5.74, 6) is 0.423. The molecule has 0 N–H and O–H groups in total. The standard InChI is InChI=1S/C16H22N2O3/c1-3-10-18-15(19)9-8-14(17-18)16(20)21-11-13-7-5-4-6-12(13)2/h4-5,8-9,12-13H,3,6-7,10-11H2,1-2H3. The van der Waals surface area contributed by atoms with E-state index in [9.17, 15) is 9.59 Å². The van der Waals surface area contributed by atoms with Gasteiger partial charge in [0.1, 0.15) is 0 Å². The van der Waals surface area contributed by atoms with Gasteiger partial charge in [-0.2, -0.15) is 5.10 Å². The maximum atomic E-state index is 12.0. The number of aryl methyl sites for hydroxylation is 1. The van der Waals surface area contributed by atoms with E-state index in [-0.39, 0.29) is 11.3 Å². The molecule has 0 radical (unpaired) electrons. The Labute approximate surface area is 124 Å². The summed E-state index contributed by atoms with van der Waals surface area (Å²) in [4.78, 5) is 23.6. The number of carbonyl (C=O) groups is 1. The second-order valence-corrected chi connectivity index (χ2v) is 5.56. The van der Waals surface area contributed by atoms with Gasteiger partial charge in [-0.05, 0) is 37.2 Å². The number of esters is 1. The van der Waals surface area contributed by atoms with Crippen LogP contribution in [-0.4, -0.2) is 22.4 Å². The van der Waals surface area contributed by atoms with E-state index in [1.807, 2.05) is 6.92 Å². The van der Waals surface area contributed by atoms with Gasteiger partial charge in [-0.3, -0.25) is 4.79 Å². The first-order valence-corrected chi connectivity index (χ1v) is 7.52. The zero-order valence-electron chi connectivity index (χ0n) is 12.6. The van der Waals surface area contributed by atoms with E-state index >= 15 is 0 Å². The molecule has 114 valence electrons. The lowest BCUT2D eigenvalue weighted by Gasteiger charge is -2.24. The molecule has 0 aliphatic heterocycles. The quantitative estimate of drug-likeness (QED) is 0.617. The SMILES string of the molecule is CCCn1nc(C(=O)OCC2CC=CCC2C)ccc1=O. The maximum Gasteiger partial charge on any atom is 0.358 e. The van der Waals surface area contributed by atoms with Gasteiger partial charge in [-0.25, -0.2) is 9.48 Å². The molecule has 2 unspecified atom stereocenters. The van der Waals surface area contributed by atoms with Crippen LogP contribution < -0.4 is 5.56 Å². The largest absolute Gasteiger partial charge is 0.461 e. The van der Waals surface area contributed by atoms with Crippen molar-refractivity contribution < 1.29 is 9.53 Å². The Morgan fingerprint density at radius 1 is 1.38 bits per heavy atom. The molecule has 0 spiro atoms. The second kappa shape index (κ2) is 7.20. The summed E-state index contributed by atoms with van der Waals surface area (Å²) in [6, 6.07) is 2.80. The molecule has 2 atom stereocenters. The van der Waals surface area contributed by atoms with Gasteiger partial charge in [0.25, 0.3) is 5.56 Å². The molecule has 0 fully saturated rings. The van der Waals surface area contributed by atoms with Crippen molar-refractivity contribution in [2.24, 2.45) is 11.8 Å². The van der Waals surface area contributed by atoms with Gasteiger partial charge in [-0.15, -0.1) is 0 Å². The molecule has 1 heterocycles. The minimum Gasteiger partial charge on any atom is -0.461 e. The van der Waals surface area contributed by atoms with Gasteiger partial charge >= 0.3 is 5.97 Å². The summed E-state index contributed by atoms with van der Waals surface area (Å²) in [6.45, 7) is 5.03. The lowest BCUT2D eigenvalue weighted by Crippen LogP contribution is -2.26. The Hall–Kier alpha value is -1.91. The van der Waals surface area contributed by atoms with E-state index in [2.05, 4.69) is 24.2 Å². The Bertz CT molecular complexity index is 577. The molecule has 0 aromatic carbocycles. The highest BCUT2D eigenvalue weighted by Crippen LogP contribution is 2.25. The van der Waals surface area contributed by atoms with Crippen molar-refractivity contribution in [3.63, 3.8) is 0 Å². The average molecular weight is 290 g/mol. The maximum absolute atomic E-state index is 12.0. The lowest BCUT2D eigenvalue weighted by molar-refractivity contribution is 0.0385. The Kier molecular flexibility index (Phi) is 5.31. The molecule has 1 aliphatic carbocycles. The van der Waals surface area contributed by atoms with Crippen molar-refractivity contribution in [1.29, 1.82) is 0 Å². The normalized spacial score (nSPS) is 21.2. The second-order valence-electron chi connectivity index (χ2n) is 5.56. The predicted octanol–water partition coefficient (Wildman–Crippen LogP) is 2.41. The van der Waals surface area contributed by atoms with Crippen molar-refractivity contribution in [3.05, 3.63) is 40.3 Å². The van der Waals surface area contributed by atoms with Crippen LogP contribution in [0.3, 0.4) is 0 Å². The number of rotatable bonds is 5. The van der Waals surface area contributed by atoms with E-state index in [1.165, 1.54) is 16.8 Å². The lowest BCUT2D eigenvalue weighted by atomic mass is 9.85. The first-order chi connectivity index (χ1) is 10.1. The number of allylic oxidation sites excluding steroid dienone is 2. The molecule has 21 heavy (non-hydrogen) atoms. The van der Waals surface area contributed by atoms with Crippen molar-refractivity contribution in [1.82, 2.24) is 9.78 Å². The van der Waals surface area contributed by atoms with E-state index in [0.29, 0.717) is 25.0 Å². The van der Waals surface area contributed by atoms with E-state index in [0.717, 1.165) is 19.3 Å². The molecule has 0 bridgehead atoms. The van der Waals surface area contributed by atoms with Crippen molar-refractivity contribution >= 4 is 5.97 Å². The van der Waals surface area contributed by atoms with Crippen LogP contribution in [0.5, 0.6) is 0 Å². The van der Waals surface area contributed by atoms with Crippen LogP contribution in [0.4, 0.5) is 0 Å². The number of hydrogen-bond acceptors (Lipinski definition) is 4. The third-order valence-corrected chi connectivity index (χ3v) is 3.86. The number of carbonyl (C=O) groups excluding carboxylic acids is 1. The average Bonchev–Trinajstić information content (AvgIpc) is 2.48. The number of ether oxygens (including phenoxy) is 1. The summed E-state index contributed by atoms with van der Waals surface area (Å²) in [5, 5.41) is 4.06. The molecule has 1 aliphatic rings. The predicted molar refractivity (Wildman–Crippen MR) is 80.1 cm³/mol. The van der Waals surface area contributed by atoms with Crippen LogP contribution in [0, 0.1) is 11.8 Å². The third-order valence-electron chi connectivity index (χ3n) is 3.86. The molecular formula is C16H22N2O3. The van der Waals surface area contributed by atoms with Gasteiger partial charge in [0.2, 0.25) is 0 Å². The van der Waals surface area contributed by atoms with Gasteiger partial charge in [0.05, 0.1) is 6.61 Å². The fourth-order valence-electron chi connectivity index (χ4n) is 2.43. The summed E-state index contributed by atoms with van der Waals surface area (Å²) in [5.41, 5.74) is 0.00138. The Morgan fingerprint density at radius 2 is 2.14 bits per heavy atom. The fraction of sp³-hybridized carbons (Fsp3) is 0.562. The Balaban J connectivity index is 1.98. The van der Waals surface area contributed by atoms with Gasteiger partial charge in [0, 0.05) is 12.6 Å². The highest BCUT2D eigenvalue weighted by molar-refractivity contribution is 5.86. The molecule has 1 aromatic heterocycles. The highest BCUT2D eigenvalue weighted by Gasteiger charge is 2.21. The zero-order chi connectivity index (χ0) is 15.2. The van der Waals surface area contributed by atoms with Crippen LogP contribution in [0.15, 0.2) is 29.1 Å².